The maximum absolute atomic E-state index is 5.65. The average Bonchev–Trinajstić information content (AvgIpc) is 3.25. The highest BCUT2D eigenvalue weighted by atomic mass is 16.5. The molecule has 8 nitrogen and oxygen atoms in total. The number of pyridine rings is 1. The number of methoxy groups -OCH3 is 1. The minimum Gasteiger partial charge on any atom is -0.481 e. The number of aryl methyl sites for hydroxylation is 4. The molecule has 0 unspecified atom stereocenters. The highest BCUT2D eigenvalue weighted by Crippen LogP contribution is 2.38. The van der Waals surface area contributed by atoms with E-state index in [1.165, 1.54) is 0 Å². The molecule has 0 radical (unpaired) electrons. The fraction of sp³-hybridized carbons (Fsp3) is 0.217. The van der Waals surface area contributed by atoms with E-state index in [1.54, 1.807) is 7.11 Å². The quantitative estimate of drug-likeness (QED) is 0.419. The predicted molar refractivity (Wildman–Crippen MR) is 120 cm³/mol. The number of nitrogens with zero attached hydrogens (tertiary/aromatic N) is 4. The van der Waals surface area contributed by atoms with Crippen LogP contribution in [0.5, 0.6) is 5.88 Å². The molecule has 0 bridgehead atoms. The summed E-state index contributed by atoms with van der Waals surface area (Å²) in [6.07, 6.45) is 0. The summed E-state index contributed by atoms with van der Waals surface area (Å²) in [5.74, 6) is 2.56. The first-order valence-electron chi connectivity index (χ1n) is 9.96. The summed E-state index contributed by atoms with van der Waals surface area (Å²) in [5, 5.41) is 8.31. The summed E-state index contributed by atoms with van der Waals surface area (Å²) in [5.41, 5.74) is 6.87. The zero-order valence-corrected chi connectivity index (χ0v) is 18.0. The van der Waals surface area contributed by atoms with E-state index in [2.05, 4.69) is 44.5 Å². The fourth-order valence-electron chi connectivity index (χ4n) is 3.95. The number of aromatic nitrogens is 5. The van der Waals surface area contributed by atoms with Crippen molar-refractivity contribution in [3.63, 3.8) is 0 Å². The number of benzene rings is 1. The van der Waals surface area contributed by atoms with Gasteiger partial charge in [0.1, 0.15) is 28.6 Å². The largest absolute Gasteiger partial charge is 0.481 e. The van der Waals surface area contributed by atoms with Gasteiger partial charge < -0.3 is 19.6 Å². The van der Waals surface area contributed by atoms with Crippen molar-refractivity contribution >= 4 is 33.6 Å². The van der Waals surface area contributed by atoms with Crippen molar-refractivity contribution in [3.8, 4) is 17.0 Å². The fourth-order valence-corrected chi connectivity index (χ4v) is 3.95. The molecule has 0 aliphatic heterocycles. The summed E-state index contributed by atoms with van der Waals surface area (Å²) in [6, 6.07) is 10.1. The lowest BCUT2D eigenvalue weighted by Gasteiger charge is -2.10. The van der Waals surface area contributed by atoms with E-state index in [9.17, 15) is 0 Å². The van der Waals surface area contributed by atoms with Crippen LogP contribution in [0.3, 0.4) is 0 Å². The second-order valence-corrected chi connectivity index (χ2v) is 7.60. The average molecular weight is 414 g/mol. The molecule has 8 heteroatoms. The van der Waals surface area contributed by atoms with Crippen LogP contribution in [0.25, 0.3) is 33.2 Å². The van der Waals surface area contributed by atoms with Crippen LogP contribution in [0.2, 0.25) is 0 Å². The first-order chi connectivity index (χ1) is 14.9. The third-order valence-corrected chi connectivity index (χ3v) is 5.28. The number of ether oxygens (including phenoxy) is 1. The van der Waals surface area contributed by atoms with Gasteiger partial charge >= 0.3 is 0 Å². The van der Waals surface area contributed by atoms with Crippen LogP contribution in [0.4, 0.5) is 11.5 Å². The molecule has 0 fully saturated rings. The van der Waals surface area contributed by atoms with Crippen molar-refractivity contribution in [2.45, 2.75) is 27.7 Å². The lowest BCUT2D eigenvalue weighted by atomic mass is 10.0. The Balaban J connectivity index is 1.76. The molecule has 5 rings (SSSR count). The number of fused-ring (bicyclic) bond motifs is 3. The number of hydrogen-bond acceptors (Lipinski definition) is 7. The van der Waals surface area contributed by atoms with Crippen LogP contribution in [-0.2, 0) is 0 Å². The molecule has 0 spiro atoms. The second kappa shape index (κ2) is 7.09. The molecule has 156 valence electrons. The van der Waals surface area contributed by atoms with Gasteiger partial charge in [-0.1, -0.05) is 17.3 Å². The number of H-pyrrole nitrogens is 1. The van der Waals surface area contributed by atoms with E-state index in [1.807, 2.05) is 39.0 Å². The van der Waals surface area contributed by atoms with Crippen molar-refractivity contribution in [3.05, 3.63) is 53.2 Å². The molecule has 1 aromatic carbocycles. The highest BCUT2D eigenvalue weighted by Gasteiger charge is 2.21. The Kier molecular flexibility index (Phi) is 4.35. The molecule has 31 heavy (non-hydrogen) atoms. The van der Waals surface area contributed by atoms with Crippen molar-refractivity contribution in [2.75, 3.05) is 12.4 Å². The first kappa shape index (κ1) is 19.0. The van der Waals surface area contributed by atoms with E-state index in [0.29, 0.717) is 28.9 Å². The minimum absolute atomic E-state index is 0.491. The van der Waals surface area contributed by atoms with Gasteiger partial charge in [-0.05, 0) is 51.5 Å². The lowest BCUT2D eigenvalue weighted by Crippen LogP contribution is -1.99. The van der Waals surface area contributed by atoms with E-state index >= 15 is 0 Å². The SMILES string of the molecule is COc1nc2c(cc1-c1c(C)noc1C)[nH]c1nc(C)nc(Nc3cccc(C)c3)c12. The molecule has 0 aliphatic carbocycles. The second-order valence-electron chi connectivity index (χ2n) is 7.60. The van der Waals surface area contributed by atoms with E-state index in [-0.39, 0.29) is 0 Å². The summed E-state index contributed by atoms with van der Waals surface area (Å²) >= 11 is 0. The van der Waals surface area contributed by atoms with Crippen LogP contribution in [0, 0.1) is 27.7 Å². The smallest absolute Gasteiger partial charge is 0.221 e. The Morgan fingerprint density at radius 3 is 2.58 bits per heavy atom. The molecular weight excluding hydrogens is 392 g/mol. The van der Waals surface area contributed by atoms with Gasteiger partial charge in [0.25, 0.3) is 0 Å². The molecule has 5 aromatic rings. The molecule has 2 N–H and O–H groups in total. The molecule has 4 aromatic heterocycles. The lowest BCUT2D eigenvalue weighted by molar-refractivity contribution is 0.392. The molecular formula is C23H22N6O2. The Morgan fingerprint density at radius 2 is 1.87 bits per heavy atom. The molecule has 0 atom stereocenters. The summed E-state index contributed by atoms with van der Waals surface area (Å²) in [7, 11) is 1.61. The molecule has 0 amide bonds. The van der Waals surface area contributed by atoms with E-state index < -0.39 is 0 Å². The Bertz CT molecular complexity index is 1430. The summed E-state index contributed by atoms with van der Waals surface area (Å²) in [4.78, 5) is 17.5. The zero-order valence-electron chi connectivity index (χ0n) is 18.0. The van der Waals surface area contributed by atoms with Crippen molar-refractivity contribution in [1.29, 1.82) is 0 Å². The number of aromatic amines is 1. The maximum Gasteiger partial charge on any atom is 0.221 e. The van der Waals surface area contributed by atoms with Crippen LogP contribution >= 0.6 is 0 Å². The van der Waals surface area contributed by atoms with Gasteiger partial charge in [0.05, 0.1) is 34.8 Å². The van der Waals surface area contributed by atoms with Crippen molar-refractivity contribution in [2.24, 2.45) is 0 Å². The van der Waals surface area contributed by atoms with E-state index in [4.69, 9.17) is 14.2 Å². The molecule has 0 aliphatic rings. The maximum atomic E-state index is 5.65. The van der Waals surface area contributed by atoms with Gasteiger partial charge in [-0.25, -0.2) is 15.0 Å². The van der Waals surface area contributed by atoms with Crippen LogP contribution < -0.4 is 10.1 Å². The van der Waals surface area contributed by atoms with Crippen molar-refractivity contribution < 1.29 is 9.26 Å². The van der Waals surface area contributed by atoms with Crippen LogP contribution in [-0.4, -0.2) is 32.2 Å². The summed E-state index contributed by atoms with van der Waals surface area (Å²) < 4.78 is 11.0. The Labute approximate surface area is 178 Å². The minimum atomic E-state index is 0.491. The Hall–Kier alpha value is -3.94. The third-order valence-electron chi connectivity index (χ3n) is 5.28. The Morgan fingerprint density at radius 1 is 1.03 bits per heavy atom. The third kappa shape index (κ3) is 3.16. The number of nitrogens with one attached hydrogen (secondary N) is 2. The zero-order chi connectivity index (χ0) is 21.7. The van der Waals surface area contributed by atoms with Gasteiger partial charge in [0, 0.05) is 5.69 Å². The van der Waals surface area contributed by atoms with Gasteiger partial charge in [0.15, 0.2) is 0 Å². The predicted octanol–water partition coefficient (Wildman–Crippen LogP) is 5.15. The molecule has 4 heterocycles. The van der Waals surface area contributed by atoms with Crippen molar-refractivity contribution in [1.82, 2.24) is 25.1 Å². The van der Waals surface area contributed by atoms with Crippen LogP contribution in [0.1, 0.15) is 22.8 Å². The van der Waals surface area contributed by atoms with Gasteiger partial charge in [0.2, 0.25) is 5.88 Å². The van der Waals surface area contributed by atoms with E-state index in [0.717, 1.165) is 44.5 Å². The summed E-state index contributed by atoms with van der Waals surface area (Å²) in [6.45, 7) is 7.71. The van der Waals surface area contributed by atoms with Gasteiger partial charge in [-0.15, -0.1) is 0 Å². The van der Waals surface area contributed by atoms with Crippen LogP contribution in [0.15, 0.2) is 34.9 Å². The monoisotopic (exact) mass is 414 g/mol. The molecule has 0 saturated heterocycles. The first-order valence-corrected chi connectivity index (χ1v) is 9.96. The number of hydrogen-bond donors (Lipinski definition) is 2. The topological polar surface area (TPSA) is 102 Å². The van der Waals surface area contributed by atoms with Gasteiger partial charge in [-0.3, -0.25) is 0 Å². The van der Waals surface area contributed by atoms with Gasteiger partial charge in [-0.2, -0.15) is 0 Å². The molecule has 0 saturated carbocycles. The number of anilines is 2. The normalized spacial score (nSPS) is 11.4. The standard InChI is InChI=1S/C23H22N6O2/c1-11-7-6-8-15(9-11)26-21-19-20-17(27-22(19)25-14(4)24-21)10-16(23(28-20)30-5)18-12(2)29-31-13(18)3/h6-10H,1-5H3,(H2,24,25,26,27). The number of rotatable bonds is 4. The highest BCUT2D eigenvalue weighted by molar-refractivity contribution is 6.10.